The molecule has 0 aromatic heterocycles. The Hall–Kier alpha value is -0.520. The van der Waals surface area contributed by atoms with Crippen LogP contribution in [0.15, 0.2) is 0 Å². The molecule has 0 unspecified atom stereocenters. The Labute approximate surface area is 307 Å². The fraction of sp³-hybridized carbons (Fsp3) is 1.00. The predicted octanol–water partition coefficient (Wildman–Crippen LogP) is 1.44. The smallest absolute Gasteiger partial charge is 0.187 e. The molecule has 8 rings (SSSR count). The van der Waals surface area contributed by atoms with E-state index in [9.17, 15) is 35.7 Å². The first-order valence-electron chi connectivity index (χ1n) is 20.3. The van der Waals surface area contributed by atoms with E-state index in [4.69, 9.17) is 28.4 Å². The van der Waals surface area contributed by atoms with E-state index in [0.29, 0.717) is 41.4 Å². The van der Waals surface area contributed by atoms with Crippen molar-refractivity contribution >= 4 is 0 Å². The second kappa shape index (κ2) is 14.1. The molecule has 4 saturated carbocycles. The van der Waals surface area contributed by atoms with E-state index in [1.807, 2.05) is 0 Å². The van der Waals surface area contributed by atoms with Crippen LogP contribution in [0.25, 0.3) is 0 Å². The first-order chi connectivity index (χ1) is 24.7. The molecule has 7 N–H and O–H groups in total. The third kappa shape index (κ3) is 5.98. The van der Waals surface area contributed by atoms with Gasteiger partial charge in [-0.25, -0.2) is 0 Å². The summed E-state index contributed by atoms with van der Waals surface area (Å²) in [6.07, 6.45) is -3.88. The number of fused-ring (bicyclic) bond motifs is 7. The van der Waals surface area contributed by atoms with Crippen LogP contribution in [-0.2, 0) is 28.4 Å². The topological polar surface area (TPSA) is 197 Å². The Morgan fingerprint density at radius 3 is 2.06 bits per heavy atom. The summed E-state index contributed by atoms with van der Waals surface area (Å²) in [6.45, 7) is 9.33. The molecular formula is C39H64O13. The van der Waals surface area contributed by atoms with Crippen LogP contribution in [0.1, 0.15) is 91.9 Å². The summed E-state index contributed by atoms with van der Waals surface area (Å²) in [5.74, 6) is 3.51. The summed E-state index contributed by atoms with van der Waals surface area (Å²) >= 11 is 0. The van der Waals surface area contributed by atoms with Crippen molar-refractivity contribution in [2.24, 2.45) is 52.3 Å². The fourth-order valence-electron chi connectivity index (χ4n) is 13.2. The Morgan fingerprint density at radius 1 is 0.673 bits per heavy atom. The molecule has 8 aliphatic rings. The molecule has 1 spiro atoms. The molecule has 0 aromatic carbocycles. The Morgan fingerprint density at radius 2 is 1.37 bits per heavy atom. The number of aliphatic hydroxyl groups excluding tert-OH is 7. The first kappa shape index (κ1) is 38.4. The van der Waals surface area contributed by atoms with Gasteiger partial charge in [0.05, 0.1) is 32.0 Å². The molecule has 13 nitrogen and oxygen atoms in total. The molecule has 0 bridgehead atoms. The van der Waals surface area contributed by atoms with Crippen LogP contribution in [0.5, 0.6) is 0 Å². The van der Waals surface area contributed by atoms with Crippen molar-refractivity contribution in [3.05, 3.63) is 0 Å². The maximum absolute atomic E-state index is 11.1. The second-order valence-corrected chi connectivity index (χ2v) is 18.7. The van der Waals surface area contributed by atoms with Gasteiger partial charge in [0, 0.05) is 12.3 Å². The Balaban J connectivity index is 0.942. The summed E-state index contributed by atoms with van der Waals surface area (Å²) in [5.41, 5.74) is 0.425. The lowest BCUT2D eigenvalue weighted by Crippen LogP contribution is -2.65. The molecule has 13 heteroatoms. The van der Waals surface area contributed by atoms with E-state index in [0.717, 1.165) is 45.1 Å². The average Bonchev–Trinajstić information content (AvgIpc) is 3.58. The normalized spacial score (nSPS) is 59.0. The zero-order chi connectivity index (χ0) is 36.9. The van der Waals surface area contributed by atoms with Crippen molar-refractivity contribution in [1.82, 2.24) is 0 Å². The molecule has 4 heterocycles. The third-order valence-electron chi connectivity index (χ3n) is 16.2. The zero-order valence-electron chi connectivity index (χ0n) is 31.2. The SMILES string of the molecule is C[C@H]1CC[C@@]2(OC1)O[C@H]1C[C@H]3[C@@H]4CC[C@@H]5C[C@H](O[C@@H]6O[C@@H](CO)[C@H](O)[C@H](O)[C@@H]6O[C@@H]6O[C@@H](CO)[C@@H](O)[C@H](O)[C@@H]6O)CC[C@]5(C)[C@H]4CC[C@]3(C)[C@H]1[C@@H]2C. The van der Waals surface area contributed by atoms with E-state index in [2.05, 4.69) is 27.7 Å². The lowest BCUT2D eigenvalue weighted by Gasteiger charge is -2.61. The lowest BCUT2D eigenvalue weighted by molar-refractivity contribution is -0.373. The van der Waals surface area contributed by atoms with E-state index in [1.165, 1.54) is 25.7 Å². The summed E-state index contributed by atoms with van der Waals surface area (Å²) in [5, 5.41) is 72.7. The quantitative estimate of drug-likeness (QED) is 0.194. The van der Waals surface area contributed by atoms with Crippen molar-refractivity contribution in [3.63, 3.8) is 0 Å². The molecule has 4 aliphatic carbocycles. The summed E-state index contributed by atoms with van der Waals surface area (Å²) < 4.78 is 37.5. The number of aliphatic hydroxyl groups is 7. The van der Waals surface area contributed by atoms with Gasteiger partial charge in [0.25, 0.3) is 0 Å². The summed E-state index contributed by atoms with van der Waals surface area (Å²) in [6, 6.07) is 0. The van der Waals surface area contributed by atoms with Gasteiger partial charge in [-0.15, -0.1) is 0 Å². The van der Waals surface area contributed by atoms with Crippen LogP contribution in [0.2, 0.25) is 0 Å². The molecule has 298 valence electrons. The average molecular weight is 741 g/mol. The van der Waals surface area contributed by atoms with Crippen molar-refractivity contribution in [2.45, 2.75) is 171 Å². The Kier molecular flexibility index (Phi) is 10.4. The van der Waals surface area contributed by atoms with Gasteiger partial charge < -0.3 is 64.2 Å². The van der Waals surface area contributed by atoms with Gasteiger partial charge in [0.15, 0.2) is 18.4 Å². The summed E-state index contributed by atoms with van der Waals surface area (Å²) in [7, 11) is 0. The van der Waals surface area contributed by atoms with Gasteiger partial charge in [0.1, 0.15) is 48.8 Å². The minimum absolute atomic E-state index is 0.168. The minimum Gasteiger partial charge on any atom is -0.394 e. The molecule has 0 aromatic rings. The van der Waals surface area contributed by atoms with Gasteiger partial charge in [-0.1, -0.05) is 27.7 Å². The Bertz CT molecular complexity index is 1260. The zero-order valence-corrected chi connectivity index (χ0v) is 31.2. The molecular weight excluding hydrogens is 676 g/mol. The van der Waals surface area contributed by atoms with E-state index in [1.54, 1.807) is 0 Å². The third-order valence-corrected chi connectivity index (χ3v) is 16.2. The molecule has 4 aliphatic heterocycles. The molecule has 22 atom stereocenters. The van der Waals surface area contributed by atoms with Crippen LogP contribution in [0.4, 0.5) is 0 Å². The number of hydrogen-bond donors (Lipinski definition) is 7. The largest absolute Gasteiger partial charge is 0.394 e. The van der Waals surface area contributed by atoms with Crippen LogP contribution >= 0.6 is 0 Å². The van der Waals surface area contributed by atoms with E-state index >= 15 is 0 Å². The maximum Gasteiger partial charge on any atom is 0.187 e. The highest BCUT2D eigenvalue weighted by Gasteiger charge is 2.69. The second-order valence-electron chi connectivity index (χ2n) is 18.7. The molecule has 0 radical (unpaired) electrons. The van der Waals surface area contributed by atoms with Gasteiger partial charge >= 0.3 is 0 Å². The monoisotopic (exact) mass is 740 g/mol. The van der Waals surface area contributed by atoms with Crippen molar-refractivity contribution in [1.29, 1.82) is 0 Å². The standard InChI is InChI=1S/C39H64O13/c1-18-7-12-39(47-17-18)19(2)28-25(52-39)14-24-22-6-5-20-13-21(8-10-37(20,3)23(22)9-11-38(24,28)4)48-36-34(32(45)30(43)27(16-41)50-36)51-35-33(46)31(44)29(42)26(15-40)49-35/h18-36,40-46H,5-17H2,1-4H3/t18-,19-,20+,21+,22+,23-,24-,25-,26-,27-,28-,29+,30-,31-,32-,33-,34-,35-,36+,37-,38-,39+/m0/s1. The van der Waals surface area contributed by atoms with Crippen LogP contribution in [0, 0.1) is 52.3 Å². The van der Waals surface area contributed by atoms with Crippen molar-refractivity contribution < 1.29 is 64.2 Å². The molecule has 52 heavy (non-hydrogen) atoms. The molecule has 0 amide bonds. The van der Waals surface area contributed by atoms with Crippen LogP contribution in [-0.4, -0.2) is 135 Å². The van der Waals surface area contributed by atoms with Gasteiger partial charge in [0.2, 0.25) is 0 Å². The summed E-state index contributed by atoms with van der Waals surface area (Å²) in [4.78, 5) is 0. The van der Waals surface area contributed by atoms with Crippen LogP contribution < -0.4 is 0 Å². The van der Waals surface area contributed by atoms with Crippen molar-refractivity contribution in [3.8, 4) is 0 Å². The predicted molar refractivity (Wildman–Crippen MR) is 183 cm³/mol. The fourth-order valence-corrected chi connectivity index (χ4v) is 13.2. The maximum atomic E-state index is 11.1. The molecule has 8 fully saturated rings. The number of hydrogen-bond acceptors (Lipinski definition) is 13. The van der Waals surface area contributed by atoms with Crippen molar-refractivity contribution in [2.75, 3.05) is 19.8 Å². The minimum atomic E-state index is -1.71. The van der Waals surface area contributed by atoms with Gasteiger partial charge in [-0.3, -0.25) is 0 Å². The lowest BCUT2D eigenvalue weighted by atomic mass is 9.44. The molecule has 4 saturated heterocycles. The van der Waals surface area contributed by atoms with Gasteiger partial charge in [-0.05, 0) is 104 Å². The highest BCUT2D eigenvalue weighted by molar-refractivity contribution is 5.15. The van der Waals surface area contributed by atoms with Gasteiger partial charge in [-0.2, -0.15) is 0 Å². The number of rotatable bonds is 6. The highest BCUT2D eigenvalue weighted by Crippen LogP contribution is 2.71. The van der Waals surface area contributed by atoms with Crippen LogP contribution in [0.3, 0.4) is 0 Å². The first-order valence-corrected chi connectivity index (χ1v) is 20.3. The highest BCUT2D eigenvalue weighted by atomic mass is 16.8. The van der Waals surface area contributed by atoms with E-state index in [-0.39, 0.29) is 23.0 Å². The van der Waals surface area contributed by atoms with E-state index < -0.39 is 80.4 Å². The number of ether oxygens (including phenoxy) is 6.